The number of esters is 1. The number of benzene rings is 2. The number of cyclic esters (lactones) is 1. The van der Waals surface area contributed by atoms with Gasteiger partial charge in [-0.2, -0.15) is 0 Å². The Balaban J connectivity index is 1.99. The summed E-state index contributed by atoms with van der Waals surface area (Å²) < 4.78 is 6.02. The van der Waals surface area contributed by atoms with Gasteiger partial charge in [-0.15, -0.1) is 0 Å². The van der Waals surface area contributed by atoms with E-state index in [9.17, 15) is 14.9 Å². The summed E-state index contributed by atoms with van der Waals surface area (Å²) in [5, 5.41) is 11.0. The summed E-state index contributed by atoms with van der Waals surface area (Å²) in [4.78, 5) is 26.6. The molecule has 0 aliphatic carbocycles. The number of hydrogen-bond acceptors (Lipinski definition) is 5. The Bertz CT molecular complexity index is 857. The van der Waals surface area contributed by atoms with Crippen molar-refractivity contribution in [3.63, 3.8) is 0 Å². The second kappa shape index (κ2) is 6.13. The van der Waals surface area contributed by atoms with Gasteiger partial charge >= 0.3 is 5.97 Å². The van der Waals surface area contributed by atoms with Gasteiger partial charge in [0.05, 0.1) is 10.5 Å². The van der Waals surface area contributed by atoms with Crippen molar-refractivity contribution in [1.82, 2.24) is 0 Å². The van der Waals surface area contributed by atoms with Crippen LogP contribution in [0.3, 0.4) is 0 Å². The molecule has 2 aromatic rings. The van der Waals surface area contributed by atoms with Crippen LogP contribution < -0.4 is 0 Å². The summed E-state index contributed by atoms with van der Waals surface area (Å²) in [5.41, 5.74) is 0.870. The maximum absolute atomic E-state index is 11.9. The first-order chi connectivity index (χ1) is 11.0. The zero-order valence-electron chi connectivity index (χ0n) is 11.6. The van der Waals surface area contributed by atoms with E-state index in [1.54, 1.807) is 42.5 Å². The number of hydrogen-bond donors (Lipinski definition) is 0. The van der Waals surface area contributed by atoms with Crippen LogP contribution in [0.5, 0.6) is 0 Å². The number of halogens is 1. The predicted molar refractivity (Wildman–Crippen MR) is 87.8 cm³/mol. The average Bonchev–Trinajstić information content (AvgIpc) is 2.89. The Morgan fingerprint density at radius 2 is 1.83 bits per heavy atom. The molecule has 0 aromatic heterocycles. The van der Waals surface area contributed by atoms with Crippen LogP contribution in [0.4, 0.5) is 5.69 Å². The molecule has 0 amide bonds. The third kappa shape index (κ3) is 3.19. The van der Waals surface area contributed by atoms with Gasteiger partial charge in [0.1, 0.15) is 0 Å². The molecular weight excluding hydrogens is 364 g/mol. The fraction of sp³-hybridized carbons (Fsp3) is 0. The molecule has 1 aliphatic rings. The number of para-hydroxylation sites is 1. The van der Waals surface area contributed by atoms with Crippen molar-refractivity contribution in [2.45, 2.75) is 0 Å². The highest BCUT2D eigenvalue weighted by atomic mass is 79.9. The number of carbonyl (C=O) groups is 1. The lowest BCUT2D eigenvalue weighted by Crippen LogP contribution is -2.05. The molecule has 0 N–H and O–H groups in total. The molecule has 2 aromatic carbocycles. The monoisotopic (exact) mass is 372 g/mol. The fourth-order valence-corrected chi connectivity index (χ4v) is 2.31. The second-order valence-electron chi connectivity index (χ2n) is 4.66. The molecular formula is C16H9BrN2O4. The Hall–Kier alpha value is -2.80. The second-order valence-corrected chi connectivity index (χ2v) is 5.57. The highest BCUT2D eigenvalue weighted by Gasteiger charge is 2.25. The van der Waals surface area contributed by atoms with Crippen LogP contribution in [-0.2, 0) is 9.53 Å². The van der Waals surface area contributed by atoms with Crippen LogP contribution in [0.25, 0.3) is 6.08 Å². The largest absolute Gasteiger partial charge is 0.402 e. The van der Waals surface area contributed by atoms with E-state index < -0.39 is 10.9 Å². The molecule has 0 saturated heterocycles. The number of nitro benzene ring substituents is 1. The van der Waals surface area contributed by atoms with E-state index in [1.807, 2.05) is 0 Å². The minimum atomic E-state index is -0.638. The lowest BCUT2D eigenvalue weighted by molar-refractivity contribution is -0.385. The molecule has 23 heavy (non-hydrogen) atoms. The average molecular weight is 373 g/mol. The Labute approximate surface area is 139 Å². The zero-order chi connectivity index (χ0) is 16.4. The van der Waals surface area contributed by atoms with Crippen molar-refractivity contribution in [2.24, 2.45) is 4.99 Å². The summed E-state index contributed by atoms with van der Waals surface area (Å²) in [5.74, 6) is -0.464. The molecule has 1 aliphatic heterocycles. The maximum atomic E-state index is 11.9. The molecule has 0 radical (unpaired) electrons. The van der Waals surface area contributed by atoms with Crippen LogP contribution in [0.2, 0.25) is 0 Å². The quantitative estimate of drug-likeness (QED) is 0.356. The summed E-state index contributed by atoms with van der Waals surface area (Å²) in [6.45, 7) is 0. The molecule has 0 saturated carbocycles. The number of carbonyl (C=O) groups excluding carboxylic acids is 1. The summed E-state index contributed by atoms with van der Waals surface area (Å²) in [7, 11) is 0. The Morgan fingerprint density at radius 1 is 1.13 bits per heavy atom. The number of rotatable bonds is 3. The van der Waals surface area contributed by atoms with Gasteiger partial charge in [0.25, 0.3) is 5.69 Å². The third-order valence-corrected chi connectivity index (χ3v) is 3.67. The maximum Gasteiger partial charge on any atom is 0.363 e. The number of nitrogens with zero attached hydrogens (tertiary/aromatic N) is 2. The number of aliphatic imine (C=N–C) groups is 1. The highest BCUT2D eigenvalue weighted by molar-refractivity contribution is 9.10. The van der Waals surface area contributed by atoms with Crippen LogP contribution in [0, 0.1) is 10.1 Å². The van der Waals surface area contributed by atoms with Crippen LogP contribution in [0.15, 0.2) is 63.7 Å². The van der Waals surface area contributed by atoms with E-state index in [2.05, 4.69) is 20.9 Å². The van der Waals surface area contributed by atoms with E-state index in [4.69, 9.17) is 4.74 Å². The van der Waals surface area contributed by atoms with Crippen LogP contribution in [-0.4, -0.2) is 16.8 Å². The Morgan fingerprint density at radius 3 is 2.52 bits per heavy atom. The van der Waals surface area contributed by atoms with Gasteiger partial charge in [0.2, 0.25) is 5.90 Å². The number of ether oxygens (including phenoxy) is 1. The predicted octanol–water partition coefficient (Wildman–Crippen LogP) is 3.70. The molecule has 114 valence electrons. The van der Waals surface area contributed by atoms with Gasteiger partial charge in [-0.05, 0) is 36.4 Å². The van der Waals surface area contributed by atoms with Crippen molar-refractivity contribution in [3.8, 4) is 0 Å². The first-order valence-electron chi connectivity index (χ1n) is 6.56. The molecule has 0 spiro atoms. The standard InChI is InChI=1S/C16H9BrN2O4/c17-12-7-5-10(6-8-12)15-18-13(16(20)23-15)9-11-3-1-2-4-14(11)19(21)22/h1-9H/b13-9+. The zero-order valence-corrected chi connectivity index (χ0v) is 13.2. The van der Waals surface area contributed by atoms with E-state index in [1.165, 1.54) is 12.1 Å². The minimum absolute atomic E-state index is 0.0252. The van der Waals surface area contributed by atoms with E-state index in [-0.39, 0.29) is 17.3 Å². The summed E-state index contributed by atoms with van der Waals surface area (Å²) in [6.07, 6.45) is 1.35. The lowest BCUT2D eigenvalue weighted by Gasteiger charge is -1.98. The topological polar surface area (TPSA) is 81.8 Å². The SMILES string of the molecule is O=C1OC(c2ccc(Br)cc2)=N/C1=C/c1ccccc1[N+](=O)[O-]. The normalized spacial score (nSPS) is 15.4. The van der Waals surface area contributed by atoms with Gasteiger partial charge in [0, 0.05) is 16.1 Å². The van der Waals surface area contributed by atoms with Crippen molar-refractivity contribution in [2.75, 3.05) is 0 Å². The van der Waals surface area contributed by atoms with Gasteiger partial charge < -0.3 is 4.74 Å². The van der Waals surface area contributed by atoms with Crippen molar-refractivity contribution < 1.29 is 14.5 Å². The third-order valence-electron chi connectivity index (χ3n) is 3.14. The van der Waals surface area contributed by atoms with Crippen LogP contribution in [0.1, 0.15) is 11.1 Å². The molecule has 3 rings (SSSR count). The molecule has 1 heterocycles. The van der Waals surface area contributed by atoms with Gasteiger partial charge in [0.15, 0.2) is 5.70 Å². The molecule has 6 nitrogen and oxygen atoms in total. The Kier molecular flexibility index (Phi) is 4.03. The highest BCUT2D eigenvalue weighted by Crippen LogP contribution is 2.24. The van der Waals surface area contributed by atoms with Crippen molar-refractivity contribution in [1.29, 1.82) is 0 Å². The van der Waals surface area contributed by atoms with Gasteiger partial charge in [-0.25, -0.2) is 9.79 Å². The molecule has 0 bridgehead atoms. The smallest absolute Gasteiger partial charge is 0.363 e. The first kappa shape index (κ1) is 15.1. The summed E-state index contributed by atoms with van der Waals surface area (Å²) >= 11 is 3.32. The molecule has 0 fully saturated rings. The number of nitro groups is 1. The van der Waals surface area contributed by atoms with E-state index >= 15 is 0 Å². The fourth-order valence-electron chi connectivity index (χ4n) is 2.05. The van der Waals surface area contributed by atoms with Gasteiger partial charge in [-0.1, -0.05) is 28.1 Å². The summed E-state index contributed by atoms with van der Waals surface area (Å²) in [6, 6.07) is 13.2. The van der Waals surface area contributed by atoms with Crippen molar-refractivity contribution in [3.05, 3.63) is 79.9 Å². The lowest BCUT2D eigenvalue weighted by atomic mass is 10.1. The van der Waals surface area contributed by atoms with E-state index in [0.29, 0.717) is 11.1 Å². The molecule has 0 unspecified atom stereocenters. The van der Waals surface area contributed by atoms with Crippen LogP contribution >= 0.6 is 15.9 Å². The first-order valence-corrected chi connectivity index (χ1v) is 7.36. The molecule has 0 atom stereocenters. The molecule has 7 heteroatoms. The van der Waals surface area contributed by atoms with Crippen molar-refractivity contribution >= 4 is 39.6 Å². The minimum Gasteiger partial charge on any atom is -0.402 e. The van der Waals surface area contributed by atoms with Gasteiger partial charge in [-0.3, -0.25) is 10.1 Å². The van der Waals surface area contributed by atoms with E-state index in [0.717, 1.165) is 4.47 Å².